The summed E-state index contributed by atoms with van der Waals surface area (Å²) in [6, 6.07) is 5.59. The van der Waals surface area contributed by atoms with E-state index >= 15 is 0 Å². The Bertz CT molecular complexity index is 328. The first-order valence-electron chi connectivity index (χ1n) is 4.28. The van der Waals surface area contributed by atoms with Gasteiger partial charge in [0.2, 0.25) is 0 Å². The van der Waals surface area contributed by atoms with Gasteiger partial charge in [-0.2, -0.15) is 0 Å². The molecule has 0 spiro atoms. The molecule has 14 heavy (non-hydrogen) atoms. The van der Waals surface area contributed by atoms with E-state index in [2.05, 4.69) is 5.32 Å². The molecule has 1 atom stereocenters. The highest BCUT2D eigenvalue weighted by atomic mass is 19.1. The molecule has 1 aromatic rings. The number of hydrogen-bond donors (Lipinski definition) is 2. The van der Waals surface area contributed by atoms with Crippen LogP contribution in [0.5, 0.6) is 0 Å². The first-order chi connectivity index (χ1) is 6.63. The van der Waals surface area contributed by atoms with Gasteiger partial charge in [-0.15, -0.1) is 0 Å². The number of benzene rings is 1. The van der Waals surface area contributed by atoms with E-state index in [0.29, 0.717) is 5.56 Å². The number of aliphatic carboxylic acids is 1. The van der Waals surface area contributed by atoms with Gasteiger partial charge in [0, 0.05) is 6.04 Å². The minimum atomic E-state index is -0.909. The summed E-state index contributed by atoms with van der Waals surface area (Å²) in [5, 5.41) is 11.4. The maximum absolute atomic E-state index is 12.8. The quantitative estimate of drug-likeness (QED) is 0.770. The Morgan fingerprint density at radius 1 is 1.64 bits per heavy atom. The van der Waals surface area contributed by atoms with Crippen molar-refractivity contribution in [3.05, 3.63) is 35.6 Å². The molecule has 1 rings (SSSR count). The van der Waals surface area contributed by atoms with Crippen LogP contribution in [0.3, 0.4) is 0 Å². The molecule has 0 aliphatic rings. The number of hydrogen-bond acceptors (Lipinski definition) is 2. The molecule has 0 aromatic heterocycles. The number of halogens is 1. The van der Waals surface area contributed by atoms with Crippen molar-refractivity contribution in [1.29, 1.82) is 0 Å². The van der Waals surface area contributed by atoms with E-state index in [-0.39, 0.29) is 18.3 Å². The molecule has 0 saturated carbocycles. The molecule has 0 aliphatic carbocycles. The lowest BCUT2D eigenvalue weighted by atomic mass is 10.0. The zero-order valence-corrected chi connectivity index (χ0v) is 7.83. The molecular weight excluding hydrogens is 185 g/mol. The first-order valence-corrected chi connectivity index (χ1v) is 4.28. The van der Waals surface area contributed by atoms with E-state index in [1.54, 1.807) is 19.2 Å². The molecule has 4 heteroatoms. The summed E-state index contributed by atoms with van der Waals surface area (Å²) in [5.74, 6) is -1.26. The van der Waals surface area contributed by atoms with Crippen LogP contribution in [0.15, 0.2) is 24.3 Å². The van der Waals surface area contributed by atoms with Gasteiger partial charge in [-0.3, -0.25) is 4.79 Å². The fraction of sp³-hybridized carbons (Fsp3) is 0.300. The van der Waals surface area contributed by atoms with Gasteiger partial charge in [-0.1, -0.05) is 12.1 Å². The molecule has 0 heterocycles. The highest BCUT2D eigenvalue weighted by Crippen LogP contribution is 2.16. The van der Waals surface area contributed by atoms with Crippen LogP contribution in [0.25, 0.3) is 0 Å². The van der Waals surface area contributed by atoms with E-state index in [1.807, 2.05) is 0 Å². The second-order valence-electron chi connectivity index (χ2n) is 2.99. The van der Waals surface area contributed by atoms with Gasteiger partial charge in [0.1, 0.15) is 5.82 Å². The number of rotatable bonds is 4. The summed E-state index contributed by atoms with van der Waals surface area (Å²) >= 11 is 0. The monoisotopic (exact) mass is 197 g/mol. The van der Waals surface area contributed by atoms with Gasteiger partial charge in [-0.05, 0) is 24.7 Å². The molecule has 1 unspecified atom stereocenters. The second kappa shape index (κ2) is 4.72. The van der Waals surface area contributed by atoms with Crippen molar-refractivity contribution in [2.24, 2.45) is 0 Å². The standard InChI is InChI=1S/C10H12FNO2/c1-12-9(6-10(13)14)7-3-2-4-8(11)5-7/h2-5,9,12H,6H2,1H3,(H,13,14). The Balaban J connectivity index is 2.83. The highest BCUT2D eigenvalue weighted by Gasteiger charge is 2.13. The molecular formula is C10H12FNO2. The van der Waals surface area contributed by atoms with Gasteiger partial charge in [-0.25, -0.2) is 4.39 Å². The minimum Gasteiger partial charge on any atom is -0.481 e. The Hall–Kier alpha value is -1.42. The summed E-state index contributed by atoms with van der Waals surface area (Å²) in [5.41, 5.74) is 0.648. The Kier molecular flexibility index (Phi) is 3.59. The van der Waals surface area contributed by atoms with Crippen molar-refractivity contribution in [2.45, 2.75) is 12.5 Å². The minimum absolute atomic E-state index is 0.0556. The summed E-state index contributed by atoms with van der Waals surface area (Å²) < 4.78 is 12.8. The average molecular weight is 197 g/mol. The van der Waals surface area contributed by atoms with Crippen molar-refractivity contribution >= 4 is 5.97 Å². The van der Waals surface area contributed by atoms with E-state index in [4.69, 9.17) is 5.11 Å². The number of nitrogens with one attached hydrogen (secondary N) is 1. The van der Waals surface area contributed by atoms with Crippen molar-refractivity contribution in [2.75, 3.05) is 7.05 Å². The molecule has 3 nitrogen and oxygen atoms in total. The van der Waals surface area contributed by atoms with Crippen LogP contribution in [-0.4, -0.2) is 18.1 Å². The van der Waals surface area contributed by atoms with Gasteiger partial charge >= 0.3 is 5.97 Å². The summed E-state index contributed by atoms with van der Waals surface area (Å²) in [6.07, 6.45) is -0.0556. The van der Waals surface area contributed by atoms with Gasteiger partial charge < -0.3 is 10.4 Å². The van der Waals surface area contributed by atoms with Gasteiger partial charge in [0.25, 0.3) is 0 Å². The molecule has 0 aliphatic heterocycles. The number of carboxylic acids is 1. The Morgan fingerprint density at radius 3 is 2.86 bits per heavy atom. The molecule has 0 amide bonds. The Morgan fingerprint density at radius 2 is 2.36 bits per heavy atom. The summed E-state index contributed by atoms with van der Waals surface area (Å²) in [7, 11) is 1.65. The largest absolute Gasteiger partial charge is 0.481 e. The van der Waals surface area contributed by atoms with Crippen molar-refractivity contribution < 1.29 is 14.3 Å². The third kappa shape index (κ3) is 2.81. The predicted molar refractivity (Wildman–Crippen MR) is 50.5 cm³/mol. The fourth-order valence-electron chi connectivity index (χ4n) is 1.28. The van der Waals surface area contributed by atoms with Crippen LogP contribution in [0, 0.1) is 5.82 Å². The van der Waals surface area contributed by atoms with E-state index in [1.165, 1.54) is 12.1 Å². The summed E-state index contributed by atoms with van der Waals surface area (Å²) in [6.45, 7) is 0. The summed E-state index contributed by atoms with van der Waals surface area (Å²) in [4.78, 5) is 10.5. The molecule has 2 N–H and O–H groups in total. The molecule has 1 aromatic carbocycles. The van der Waals surface area contributed by atoms with E-state index in [0.717, 1.165) is 0 Å². The number of carbonyl (C=O) groups is 1. The van der Waals surface area contributed by atoms with Crippen LogP contribution in [-0.2, 0) is 4.79 Å². The highest BCUT2D eigenvalue weighted by molar-refractivity contribution is 5.67. The maximum atomic E-state index is 12.8. The average Bonchev–Trinajstić information content (AvgIpc) is 2.14. The van der Waals surface area contributed by atoms with E-state index in [9.17, 15) is 9.18 Å². The molecule has 0 bridgehead atoms. The van der Waals surface area contributed by atoms with Crippen molar-refractivity contribution in [3.8, 4) is 0 Å². The Labute approximate surface area is 81.6 Å². The van der Waals surface area contributed by atoms with Crippen molar-refractivity contribution in [3.63, 3.8) is 0 Å². The first kappa shape index (κ1) is 10.7. The van der Waals surface area contributed by atoms with Crippen molar-refractivity contribution in [1.82, 2.24) is 5.32 Å². The third-order valence-electron chi connectivity index (χ3n) is 1.98. The van der Waals surface area contributed by atoms with Crippen LogP contribution in [0.2, 0.25) is 0 Å². The predicted octanol–water partition coefficient (Wildman–Crippen LogP) is 1.56. The maximum Gasteiger partial charge on any atom is 0.305 e. The van der Waals surface area contributed by atoms with Crippen LogP contribution >= 0.6 is 0 Å². The number of carboxylic acid groups (broad SMARTS) is 1. The molecule has 0 fully saturated rings. The SMILES string of the molecule is CNC(CC(=O)O)c1cccc(F)c1. The lowest BCUT2D eigenvalue weighted by Crippen LogP contribution is -2.19. The third-order valence-corrected chi connectivity index (χ3v) is 1.98. The second-order valence-corrected chi connectivity index (χ2v) is 2.99. The van der Waals surface area contributed by atoms with E-state index < -0.39 is 5.97 Å². The lowest BCUT2D eigenvalue weighted by molar-refractivity contribution is -0.137. The molecule has 76 valence electrons. The smallest absolute Gasteiger partial charge is 0.305 e. The molecule has 0 radical (unpaired) electrons. The lowest BCUT2D eigenvalue weighted by Gasteiger charge is -2.13. The van der Waals surface area contributed by atoms with Crippen LogP contribution in [0.4, 0.5) is 4.39 Å². The van der Waals surface area contributed by atoms with Crippen LogP contribution in [0.1, 0.15) is 18.0 Å². The topological polar surface area (TPSA) is 49.3 Å². The fourth-order valence-corrected chi connectivity index (χ4v) is 1.28. The van der Waals surface area contributed by atoms with Gasteiger partial charge in [0.15, 0.2) is 0 Å². The van der Waals surface area contributed by atoms with Crippen LogP contribution < -0.4 is 5.32 Å². The zero-order chi connectivity index (χ0) is 10.6. The molecule has 0 saturated heterocycles. The zero-order valence-electron chi connectivity index (χ0n) is 7.83. The normalized spacial score (nSPS) is 12.4. The van der Waals surface area contributed by atoms with Gasteiger partial charge in [0.05, 0.1) is 6.42 Å².